The number of hydrogen-bond acceptors (Lipinski definition) is 7. The first-order valence-corrected chi connectivity index (χ1v) is 13.0. The van der Waals surface area contributed by atoms with Gasteiger partial charge in [0.1, 0.15) is 0 Å². The van der Waals surface area contributed by atoms with Crippen LogP contribution in [0, 0.1) is 0 Å². The maximum Gasteiger partial charge on any atom is 0.430 e. The van der Waals surface area contributed by atoms with Gasteiger partial charge in [0.25, 0.3) is 0 Å². The van der Waals surface area contributed by atoms with Gasteiger partial charge in [0, 0.05) is 12.2 Å². The largest absolute Gasteiger partial charge is 0.430 e. The van der Waals surface area contributed by atoms with Crippen molar-refractivity contribution in [2.45, 2.75) is 45.4 Å². The van der Waals surface area contributed by atoms with Crippen LogP contribution in [0.4, 0.5) is 0 Å². The highest BCUT2D eigenvalue weighted by molar-refractivity contribution is 7.54. The van der Waals surface area contributed by atoms with Gasteiger partial charge in [0.05, 0.1) is 6.16 Å². The van der Waals surface area contributed by atoms with Gasteiger partial charge in [0.15, 0.2) is 23.0 Å². The van der Waals surface area contributed by atoms with Gasteiger partial charge in [-0.25, -0.2) is 14.2 Å². The maximum atomic E-state index is 13.9. The number of carbonyl (C=O) groups is 2. The molecule has 0 saturated heterocycles. The molecule has 8 heteroatoms. The standard InChI is InChI=1S/C26H31O7P/c1-4-7-8-9-10-15-20-34(29,32-23-18-13-11-16-21(23)30-25(27)5-2)33-24-19-14-12-17-22(24)31-26(28)6-3/h5-6,11-14,16-19H,2-4,7-10,15,20H2,1H3. The number of ether oxygens (including phenoxy) is 2. The van der Waals surface area contributed by atoms with Crippen LogP contribution in [-0.2, 0) is 14.2 Å². The molecule has 2 aromatic carbocycles. The minimum absolute atomic E-state index is 0.0885. The zero-order chi connectivity index (χ0) is 24.8. The number of unbranched alkanes of at least 4 members (excludes halogenated alkanes) is 5. The van der Waals surface area contributed by atoms with Crippen LogP contribution in [0.5, 0.6) is 23.0 Å². The van der Waals surface area contributed by atoms with E-state index >= 15 is 0 Å². The summed E-state index contributed by atoms with van der Waals surface area (Å²) in [6, 6.07) is 12.7. The van der Waals surface area contributed by atoms with Crippen LogP contribution in [0.15, 0.2) is 73.8 Å². The highest BCUT2D eigenvalue weighted by Crippen LogP contribution is 2.52. The zero-order valence-electron chi connectivity index (χ0n) is 19.4. The molecular weight excluding hydrogens is 455 g/mol. The maximum absolute atomic E-state index is 13.9. The summed E-state index contributed by atoms with van der Waals surface area (Å²) in [6.45, 7) is 8.91. The van der Waals surface area contributed by atoms with E-state index in [9.17, 15) is 14.2 Å². The number of carbonyl (C=O) groups excluding carboxylic acids is 2. The smallest absolute Gasteiger partial charge is 0.419 e. The minimum atomic E-state index is -3.81. The Morgan fingerprint density at radius 1 is 0.735 bits per heavy atom. The van der Waals surface area contributed by atoms with Crippen molar-refractivity contribution in [1.82, 2.24) is 0 Å². The Morgan fingerprint density at radius 2 is 1.15 bits per heavy atom. The third-order valence-electron chi connectivity index (χ3n) is 4.71. The summed E-state index contributed by atoms with van der Waals surface area (Å²) in [4.78, 5) is 23.4. The topological polar surface area (TPSA) is 88.1 Å². The third kappa shape index (κ3) is 8.91. The lowest BCUT2D eigenvalue weighted by molar-refractivity contribution is -0.129. The molecule has 182 valence electrons. The second-order valence-electron chi connectivity index (χ2n) is 7.43. The molecule has 0 unspecified atom stereocenters. The van der Waals surface area contributed by atoms with E-state index < -0.39 is 19.5 Å². The Labute approximate surface area is 200 Å². The normalized spacial score (nSPS) is 10.7. The SMILES string of the molecule is C=CC(=O)Oc1ccccc1OP(=O)(CCCCCCCC)Oc1ccccc1OC(=O)C=C. The molecule has 0 fully saturated rings. The van der Waals surface area contributed by atoms with E-state index in [2.05, 4.69) is 20.1 Å². The summed E-state index contributed by atoms with van der Waals surface area (Å²) in [5.41, 5.74) is 0. The van der Waals surface area contributed by atoms with E-state index in [1.165, 1.54) is 24.3 Å². The summed E-state index contributed by atoms with van der Waals surface area (Å²) < 4.78 is 36.0. The van der Waals surface area contributed by atoms with Gasteiger partial charge < -0.3 is 18.5 Å². The van der Waals surface area contributed by atoms with Gasteiger partial charge in [-0.2, -0.15) is 0 Å². The molecule has 0 atom stereocenters. The molecule has 0 amide bonds. The van der Waals surface area contributed by atoms with Gasteiger partial charge in [-0.15, -0.1) is 0 Å². The lowest BCUT2D eigenvalue weighted by Crippen LogP contribution is -2.10. The number of rotatable bonds is 15. The molecule has 2 aromatic rings. The van der Waals surface area contributed by atoms with Crippen molar-refractivity contribution in [3.05, 3.63) is 73.8 Å². The van der Waals surface area contributed by atoms with Crippen molar-refractivity contribution < 1.29 is 32.7 Å². The number of hydrogen-bond donors (Lipinski definition) is 0. The highest BCUT2D eigenvalue weighted by atomic mass is 31.2. The fourth-order valence-electron chi connectivity index (χ4n) is 3.02. The zero-order valence-corrected chi connectivity index (χ0v) is 20.3. The van der Waals surface area contributed by atoms with Gasteiger partial charge in [-0.05, 0) is 30.7 Å². The highest BCUT2D eigenvalue weighted by Gasteiger charge is 2.30. The molecule has 2 rings (SSSR count). The number of benzene rings is 2. The van der Waals surface area contributed by atoms with E-state index in [-0.39, 0.29) is 29.2 Å². The predicted octanol–water partition coefficient (Wildman–Crippen LogP) is 6.88. The van der Waals surface area contributed by atoms with Crippen molar-refractivity contribution in [2.75, 3.05) is 6.16 Å². The van der Waals surface area contributed by atoms with Crippen LogP contribution in [0.1, 0.15) is 45.4 Å². The van der Waals surface area contributed by atoms with Crippen LogP contribution in [0.2, 0.25) is 0 Å². The van der Waals surface area contributed by atoms with E-state index in [0.717, 1.165) is 44.3 Å². The Morgan fingerprint density at radius 3 is 1.59 bits per heavy atom. The average molecular weight is 487 g/mol. The second-order valence-corrected chi connectivity index (χ2v) is 9.46. The summed E-state index contributed by atoms with van der Waals surface area (Å²) in [7, 11) is -3.81. The molecule has 0 N–H and O–H groups in total. The Hall–Kier alpha value is -3.31. The fourth-order valence-corrected chi connectivity index (χ4v) is 4.75. The molecule has 0 radical (unpaired) electrons. The monoisotopic (exact) mass is 486 g/mol. The molecule has 0 saturated carbocycles. The Balaban J connectivity index is 2.29. The molecular formula is C26H31O7P. The number of esters is 2. The van der Waals surface area contributed by atoms with Gasteiger partial charge >= 0.3 is 19.5 Å². The van der Waals surface area contributed by atoms with Crippen molar-refractivity contribution in [1.29, 1.82) is 0 Å². The van der Waals surface area contributed by atoms with Crippen molar-refractivity contribution in [3.8, 4) is 23.0 Å². The lowest BCUT2D eigenvalue weighted by atomic mass is 10.1. The Kier molecular flexibility index (Phi) is 11.1. The molecule has 0 spiro atoms. The molecule has 0 aliphatic rings. The first kappa shape index (κ1) is 26.9. The first-order chi connectivity index (χ1) is 16.4. The van der Waals surface area contributed by atoms with E-state index in [1.807, 2.05) is 0 Å². The molecule has 0 bridgehead atoms. The van der Waals surface area contributed by atoms with E-state index in [0.29, 0.717) is 6.42 Å². The summed E-state index contributed by atoms with van der Waals surface area (Å²) >= 11 is 0. The van der Waals surface area contributed by atoms with E-state index in [4.69, 9.17) is 18.5 Å². The van der Waals surface area contributed by atoms with E-state index in [1.54, 1.807) is 24.3 Å². The molecule has 0 aliphatic carbocycles. The molecule has 0 heterocycles. The Bertz CT molecular complexity index is 960. The third-order valence-corrected chi connectivity index (χ3v) is 6.53. The number of para-hydroxylation sites is 4. The molecule has 7 nitrogen and oxygen atoms in total. The van der Waals surface area contributed by atoms with Crippen LogP contribution >= 0.6 is 7.60 Å². The van der Waals surface area contributed by atoms with Gasteiger partial charge in [-0.1, -0.05) is 76.5 Å². The van der Waals surface area contributed by atoms with Crippen molar-refractivity contribution in [3.63, 3.8) is 0 Å². The average Bonchev–Trinajstić information content (AvgIpc) is 2.83. The van der Waals surface area contributed by atoms with Crippen molar-refractivity contribution in [2.24, 2.45) is 0 Å². The minimum Gasteiger partial charge on any atom is -0.419 e. The summed E-state index contributed by atoms with van der Waals surface area (Å²) in [5, 5.41) is 0. The summed E-state index contributed by atoms with van der Waals surface area (Å²) in [6.07, 6.45) is 8.01. The van der Waals surface area contributed by atoms with Crippen LogP contribution in [0.25, 0.3) is 0 Å². The molecule has 34 heavy (non-hydrogen) atoms. The van der Waals surface area contributed by atoms with Gasteiger partial charge in [0.2, 0.25) is 0 Å². The quantitative estimate of drug-likeness (QED) is 0.0891. The van der Waals surface area contributed by atoms with Crippen LogP contribution < -0.4 is 18.5 Å². The van der Waals surface area contributed by atoms with Gasteiger partial charge in [-0.3, -0.25) is 0 Å². The predicted molar refractivity (Wildman–Crippen MR) is 132 cm³/mol. The molecule has 0 aromatic heterocycles. The van der Waals surface area contributed by atoms with Crippen molar-refractivity contribution >= 4 is 19.5 Å². The fraction of sp³-hybridized carbons (Fsp3) is 0.308. The summed E-state index contributed by atoms with van der Waals surface area (Å²) in [5.74, 6) is -0.995. The lowest BCUT2D eigenvalue weighted by Gasteiger charge is -2.22. The second kappa shape index (κ2) is 14.1. The van der Waals surface area contributed by atoms with Crippen LogP contribution in [0.3, 0.4) is 0 Å². The van der Waals surface area contributed by atoms with Crippen LogP contribution in [-0.4, -0.2) is 18.1 Å². The first-order valence-electron chi connectivity index (χ1n) is 11.3. The molecule has 0 aliphatic heterocycles.